The van der Waals surface area contributed by atoms with Gasteiger partial charge in [0.05, 0.1) is 37.1 Å². The summed E-state index contributed by atoms with van der Waals surface area (Å²) in [6, 6.07) is 11.1. The maximum Gasteiger partial charge on any atom is 0.414 e. The molecule has 2 saturated heterocycles. The van der Waals surface area contributed by atoms with E-state index in [0.717, 1.165) is 34.4 Å². The maximum atomic E-state index is 14.0. The fraction of sp³-hybridized carbons (Fsp3) is 0.409. The first-order valence-corrected chi connectivity index (χ1v) is 20.7. The number of anilines is 3. The monoisotopic (exact) mass is 868 g/mol. The zero-order valence-corrected chi connectivity index (χ0v) is 35.6. The summed E-state index contributed by atoms with van der Waals surface area (Å²) in [5.74, 6) is -0.965. The molecule has 2 fully saturated rings. The minimum atomic E-state index is -1.32. The van der Waals surface area contributed by atoms with Gasteiger partial charge in [0.2, 0.25) is 11.7 Å². The lowest BCUT2D eigenvalue weighted by Crippen LogP contribution is -2.53. The van der Waals surface area contributed by atoms with Gasteiger partial charge in [0, 0.05) is 69.9 Å². The quantitative estimate of drug-likeness (QED) is 0.0807. The van der Waals surface area contributed by atoms with Crippen LogP contribution in [-0.2, 0) is 28.4 Å². The zero-order chi connectivity index (χ0) is 44.9. The fourth-order valence-electron chi connectivity index (χ4n) is 7.87. The third kappa shape index (κ3) is 10.0. The number of nitrogens with zero attached hydrogens (tertiary/aromatic N) is 5. The molecule has 19 nitrogen and oxygen atoms in total. The Morgan fingerprint density at radius 1 is 1.00 bits per heavy atom. The van der Waals surface area contributed by atoms with Crippen molar-refractivity contribution >= 4 is 46.9 Å². The van der Waals surface area contributed by atoms with E-state index in [2.05, 4.69) is 27.5 Å². The van der Waals surface area contributed by atoms with Crippen molar-refractivity contribution < 1.29 is 53.1 Å². The van der Waals surface area contributed by atoms with E-state index in [9.17, 15) is 34.2 Å². The first kappa shape index (κ1) is 44.4. The molecule has 0 spiro atoms. The molecule has 5 heterocycles. The van der Waals surface area contributed by atoms with Crippen LogP contribution in [0.4, 0.5) is 22.0 Å². The Labute approximate surface area is 363 Å². The highest BCUT2D eigenvalue weighted by Crippen LogP contribution is 2.43. The average Bonchev–Trinajstić information content (AvgIpc) is 3.95. The molecule has 5 amide bonds. The minimum Gasteiger partial charge on any atom is -0.493 e. The van der Waals surface area contributed by atoms with Gasteiger partial charge in [-0.15, -0.1) is 0 Å². The van der Waals surface area contributed by atoms with Crippen molar-refractivity contribution in [3.8, 4) is 22.6 Å². The lowest BCUT2D eigenvalue weighted by molar-refractivity contribution is -0.195. The number of ether oxygens (including phenoxy) is 4. The molecule has 0 radical (unpaired) electrons. The number of benzene rings is 2. The lowest BCUT2D eigenvalue weighted by atomic mass is 10.1. The molecule has 4 atom stereocenters. The molecule has 19 heteroatoms. The number of carbonyl (C=O) groups is 5. The summed E-state index contributed by atoms with van der Waals surface area (Å²) in [6.07, 6.45) is 2.58. The molecule has 5 N–H and O–H groups in total. The molecule has 2 aromatic heterocycles. The number of methoxy groups -OCH3 is 1. The first-order chi connectivity index (χ1) is 30.2. The summed E-state index contributed by atoms with van der Waals surface area (Å²) in [5.41, 5.74) is 3.52. The van der Waals surface area contributed by atoms with Gasteiger partial charge in [-0.05, 0) is 68.9 Å². The zero-order valence-electron chi connectivity index (χ0n) is 35.6. The van der Waals surface area contributed by atoms with Crippen LogP contribution in [0.15, 0.2) is 67.0 Å². The molecule has 3 aliphatic heterocycles. The fourth-order valence-corrected chi connectivity index (χ4v) is 7.87. The van der Waals surface area contributed by atoms with Crippen LogP contribution < -0.4 is 30.3 Å². The molecule has 2 aromatic carbocycles. The second-order valence-corrected chi connectivity index (χ2v) is 15.8. The highest BCUT2D eigenvalue weighted by Gasteiger charge is 2.48. The van der Waals surface area contributed by atoms with Crippen molar-refractivity contribution in [2.45, 2.75) is 70.1 Å². The van der Waals surface area contributed by atoms with Crippen molar-refractivity contribution in [2.75, 3.05) is 48.9 Å². The SMILES string of the molecule is C=C1CC2C(OC3CCCCO3)N(C(=O)O)c3cc(OCCCC(=O)Nc4cn(C)c(C(=O)Nc5ccc(-c6cc(C(=O)NCC(C)O)n(C)c6)cc5)n4)c(OC)cc3C(=O)N2C1. The number of hydrogen-bond acceptors (Lipinski definition) is 11. The van der Waals surface area contributed by atoms with E-state index in [4.69, 9.17) is 18.9 Å². The summed E-state index contributed by atoms with van der Waals surface area (Å²) in [6.45, 7) is 6.57. The van der Waals surface area contributed by atoms with E-state index in [0.29, 0.717) is 30.8 Å². The smallest absolute Gasteiger partial charge is 0.414 e. The summed E-state index contributed by atoms with van der Waals surface area (Å²) < 4.78 is 27.0. The molecule has 4 unspecified atom stereocenters. The number of carbonyl (C=O) groups excluding carboxylic acids is 4. The van der Waals surface area contributed by atoms with Crippen LogP contribution >= 0.6 is 0 Å². The molecule has 3 aliphatic rings. The van der Waals surface area contributed by atoms with Gasteiger partial charge in [0.15, 0.2) is 29.8 Å². The predicted octanol–water partition coefficient (Wildman–Crippen LogP) is 4.73. The van der Waals surface area contributed by atoms with Gasteiger partial charge in [-0.25, -0.2) is 14.7 Å². The average molecular weight is 869 g/mol. The molecule has 0 aliphatic carbocycles. The molecule has 0 saturated carbocycles. The Kier molecular flexibility index (Phi) is 13.5. The van der Waals surface area contributed by atoms with Crippen molar-refractivity contribution in [2.24, 2.45) is 14.1 Å². The van der Waals surface area contributed by atoms with Gasteiger partial charge < -0.3 is 59.1 Å². The molecule has 0 bridgehead atoms. The number of aliphatic hydroxyl groups is 1. The highest BCUT2D eigenvalue weighted by atomic mass is 16.7. The van der Waals surface area contributed by atoms with Crippen LogP contribution in [0.2, 0.25) is 0 Å². The van der Waals surface area contributed by atoms with E-state index < -0.39 is 36.7 Å². The standard InChI is InChI=1S/C44H52N8O11/c1-25-17-33-43(63-38-10-6-7-15-62-38)52(44(58)59)31-20-35(34(60-5)19-30(31)42(57)51(33)22-25)61-16-8-9-37(54)47-36-24-50(4)39(48-36)41(56)46-29-13-11-27(12-14-29)28-18-32(49(3)23-28)40(55)45-21-26(2)53/h11-14,18-20,23-24,26,33,38,43,53H,1,6-10,15-17,21-22H2,2-5H3,(H,45,55)(H,46,56)(H,47,54)(H,58,59). The molecule has 63 heavy (non-hydrogen) atoms. The number of aryl methyl sites for hydroxylation is 2. The summed E-state index contributed by atoms with van der Waals surface area (Å²) in [7, 11) is 4.80. The molecule has 7 rings (SSSR count). The first-order valence-electron chi connectivity index (χ1n) is 20.7. The number of nitrogens with one attached hydrogen (secondary N) is 3. The van der Waals surface area contributed by atoms with Crippen molar-refractivity contribution in [3.63, 3.8) is 0 Å². The maximum absolute atomic E-state index is 14.0. The van der Waals surface area contributed by atoms with Gasteiger partial charge in [0.25, 0.3) is 17.7 Å². The van der Waals surface area contributed by atoms with Crippen LogP contribution in [0.3, 0.4) is 0 Å². The Balaban J connectivity index is 0.953. The van der Waals surface area contributed by atoms with E-state index in [1.54, 1.807) is 48.7 Å². The predicted molar refractivity (Wildman–Crippen MR) is 230 cm³/mol. The van der Waals surface area contributed by atoms with E-state index in [-0.39, 0.29) is 84.7 Å². The van der Waals surface area contributed by atoms with E-state index >= 15 is 0 Å². The molecule has 334 valence electrons. The lowest BCUT2D eigenvalue weighted by Gasteiger charge is -2.37. The van der Waals surface area contributed by atoms with Crippen LogP contribution in [0.1, 0.15) is 76.9 Å². The second-order valence-electron chi connectivity index (χ2n) is 15.8. The topological polar surface area (TPSA) is 228 Å². The van der Waals surface area contributed by atoms with Crippen molar-refractivity contribution in [3.05, 3.63) is 84.1 Å². The third-order valence-electron chi connectivity index (χ3n) is 11.0. The highest BCUT2D eigenvalue weighted by molar-refractivity contribution is 6.06. The van der Waals surface area contributed by atoms with Gasteiger partial charge >= 0.3 is 6.09 Å². The Bertz CT molecular complexity index is 2380. The minimum absolute atomic E-state index is 0.0186. The van der Waals surface area contributed by atoms with Gasteiger partial charge in [-0.1, -0.05) is 24.3 Å². The number of imidazole rings is 1. The largest absolute Gasteiger partial charge is 0.493 e. The van der Waals surface area contributed by atoms with Gasteiger partial charge in [-0.3, -0.25) is 19.2 Å². The molecule has 4 aromatic rings. The Morgan fingerprint density at radius 3 is 2.48 bits per heavy atom. The van der Waals surface area contributed by atoms with Gasteiger partial charge in [-0.2, -0.15) is 0 Å². The Morgan fingerprint density at radius 2 is 1.78 bits per heavy atom. The van der Waals surface area contributed by atoms with Crippen LogP contribution in [-0.4, -0.2) is 117 Å². The number of rotatable bonds is 15. The summed E-state index contributed by atoms with van der Waals surface area (Å²) >= 11 is 0. The van der Waals surface area contributed by atoms with E-state index in [1.165, 1.54) is 30.0 Å². The number of hydrogen-bond donors (Lipinski definition) is 5. The third-order valence-corrected chi connectivity index (χ3v) is 11.0. The number of amides is 5. The summed E-state index contributed by atoms with van der Waals surface area (Å²) in [5, 5.41) is 28.3. The number of aliphatic hydroxyl groups excluding tert-OH is 1. The number of fused-ring (bicyclic) bond motifs is 2. The number of aromatic nitrogens is 3. The van der Waals surface area contributed by atoms with Crippen molar-refractivity contribution in [1.82, 2.24) is 24.3 Å². The number of carboxylic acid groups (broad SMARTS) is 1. The molecular formula is C44H52N8O11. The van der Waals surface area contributed by atoms with Crippen LogP contribution in [0, 0.1) is 0 Å². The second kappa shape index (κ2) is 19.1. The molecular weight excluding hydrogens is 817 g/mol. The Hall–Kier alpha value is -6.70. The van der Waals surface area contributed by atoms with E-state index in [1.807, 2.05) is 18.3 Å². The summed E-state index contributed by atoms with van der Waals surface area (Å²) in [4.78, 5) is 72.6. The normalized spacial score (nSPS) is 18.8. The van der Waals surface area contributed by atoms with Gasteiger partial charge in [0.1, 0.15) is 5.69 Å². The van der Waals surface area contributed by atoms with Crippen molar-refractivity contribution in [1.29, 1.82) is 0 Å². The van der Waals surface area contributed by atoms with Crippen LogP contribution in [0.5, 0.6) is 11.5 Å². The van der Waals surface area contributed by atoms with Crippen LogP contribution in [0.25, 0.3) is 11.1 Å².